The number of hydrogen-bond acceptors (Lipinski definition) is 3. The van der Waals surface area contributed by atoms with Crippen LogP contribution >= 0.6 is 0 Å². The van der Waals surface area contributed by atoms with Gasteiger partial charge in [0, 0.05) is 0 Å². The number of quaternary nitrogens is 1. The lowest BCUT2D eigenvalue weighted by Gasteiger charge is -2.08. The van der Waals surface area contributed by atoms with Gasteiger partial charge >= 0.3 is 5.91 Å². The Hall–Kier alpha value is -0.450. The minimum atomic E-state index is -0.478. The van der Waals surface area contributed by atoms with Gasteiger partial charge in [0.05, 0.1) is 6.92 Å². The van der Waals surface area contributed by atoms with Crippen LogP contribution in [-0.2, 0) is 4.79 Å². The third-order valence-corrected chi connectivity index (χ3v) is 2.09. The first kappa shape index (κ1) is 7.65. The standard InChI is InChI=1S/C6H13N2O2/c1-4(9)6-3-8(6,7)5(2)10/h4,6,9H,3,7H2,1-2H3/q+1. The molecule has 0 spiro atoms. The maximum Gasteiger partial charge on any atom is 0.330 e. The summed E-state index contributed by atoms with van der Waals surface area (Å²) in [4.78, 5) is 10.8. The van der Waals surface area contributed by atoms with Crippen LogP contribution in [0.4, 0.5) is 0 Å². The van der Waals surface area contributed by atoms with Gasteiger partial charge in [-0.15, -0.1) is 0 Å². The monoisotopic (exact) mass is 145 g/mol. The number of aliphatic hydroxyl groups excluding tert-OH is 1. The molecule has 3 N–H and O–H groups in total. The van der Waals surface area contributed by atoms with Crippen molar-refractivity contribution in [3.63, 3.8) is 0 Å². The first-order valence-electron chi connectivity index (χ1n) is 3.34. The van der Waals surface area contributed by atoms with Gasteiger partial charge in [0.15, 0.2) is 12.6 Å². The highest BCUT2D eigenvalue weighted by Gasteiger charge is 2.60. The Labute approximate surface area is 59.8 Å². The molecule has 0 aromatic carbocycles. The van der Waals surface area contributed by atoms with E-state index < -0.39 is 6.10 Å². The van der Waals surface area contributed by atoms with Crippen LogP contribution in [0.15, 0.2) is 0 Å². The first-order valence-corrected chi connectivity index (χ1v) is 3.34. The maximum atomic E-state index is 10.8. The highest BCUT2D eigenvalue weighted by atomic mass is 16.3. The Morgan fingerprint density at radius 2 is 2.40 bits per heavy atom. The fourth-order valence-corrected chi connectivity index (χ4v) is 1.16. The van der Waals surface area contributed by atoms with Crippen LogP contribution in [-0.4, -0.2) is 34.3 Å². The van der Waals surface area contributed by atoms with E-state index in [4.69, 9.17) is 10.9 Å². The van der Waals surface area contributed by atoms with E-state index in [1.54, 1.807) is 6.92 Å². The predicted octanol–water partition coefficient (Wildman–Crippen LogP) is -1.01. The Bertz CT molecular complexity index is 169. The van der Waals surface area contributed by atoms with Gasteiger partial charge in [0.1, 0.15) is 6.10 Å². The van der Waals surface area contributed by atoms with Crippen molar-refractivity contribution in [1.82, 2.24) is 0 Å². The molecule has 1 rings (SSSR count). The zero-order valence-corrected chi connectivity index (χ0v) is 6.24. The molecular weight excluding hydrogens is 132 g/mol. The molecule has 1 saturated heterocycles. The topological polar surface area (TPSA) is 63.3 Å². The number of nitrogens with zero attached hydrogens (tertiary/aromatic N) is 1. The number of aliphatic hydroxyl groups is 1. The van der Waals surface area contributed by atoms with E-state index in [0.717, 1.165) is 0 Å². The SMILES string of the molecule is CC(=O)[N+]1(N)CC1C(C)O. The zero-order valence-electron chi connectivity index (χ0n) is 6.24. The van der Waals surface area contributed by atoms with Crippen LogP contribution in [0.5, 0.6) is 0 Å². The molecule has 1 aliphatic rings. The zero-order chi connectivity index (χ0) is 7.94. The van der Waals surface area contributed by atoms with Crippen molar-refractivity contribution in [2.45, 2.75) is 26.0 Å². The van der Waals surface area contributed by atoms with Gasteiger partial charge in [-0.25, -0.2) is 4.79 Å². The Kier molecular flexibility index (Phi) is 1.54. The lowest BCUT2D eigenvalue weighted by atomic mass is 10.3. The van der Waals surface area contributed by atoms with E-state index in [2.05, 4.69) is 0 Å². The Morgan fingerprint density at radius 1 is 1.90 bits per heavy atom. The van der Waals surface area contributed by atoms with Crippen LogP contribution in [0.25, 0.3) is 0 Å². The average Bonchev–Trinajstić information content (AvgIpc) is 2.43. The van der Waals surface area contributed by atoms with Crippen molar-refractivity contribution >= 4 is 5.91 Å². The second kappa shape index (κ2) is 2.02. The summed E-state index contributed by atoms with van der Waals surface area (Å²) in [6.45, 7) is 3.68. The van der Waals surface area contributed by atoms with E-state index in [9.17, 15) is 4.79 Å². The molecule has 0 aromatic heterocycles. The second-order valence-corrected chi connectivity index (χ2v) is 2.94. The molecule has 0 radical (unpaired) electrons. The number of hydrogen-bond donors (Lipinski definition) is 2. The van der Waals surface area contributed by atoms with Crippen molar-refractivity contribution in [1.29, 1.82) is 0 Å². The van der Waals surface area contributed by atoms with Crippen LogP contribution in [0, 0.1) is 0 Å². The minimum Gasteiger partial charge on any atom is -0.387 e. The third kappa shape index (κ3) is 0.941. The summed E-state index contributed by atoms with van der Waals surface area (Å²) in [5, 5.41) is 9.03. The minimum absolute atomic E-state index is 0.0718. The second-order valence-electron chi connectivity index (χ2n) is 2.94. The molecule has 10 heavy (non-hydrogen) atoms. The number of amides is 1. The van der Waals surface area contributed by atoms with E-state index in [1.165, 1.54) is 6.92 Å². The van der Waals surface area contributed by atoms with E-state index in [-0.39, 0.29) is 16.5 Å². The van der Waals surface area contributed by atoms with Gasteiger partial charge in [0.2, 0.25) is 0 Å². The molecule has 3 unspecified atom stereocenters. The van der Waals surface area contributed by atoms with Crippen molar-refractivity contribution < 1.29 is 14.5 Å². The van der Waals surface area contributed by atoms with E-state index >= 15 is 0 Å². The number of rotatable bonds is 1. The molecule has 0 bridgehead atoms. The van der Waals surface area contributed by atoms with Gasteiger partial charge in [-0.2, -0.15) is 10.4 Å². The number of nitrogens with two attached hydrogens (primary N) is 1. The molecule has 58 valence electrons. The molecule has 3 atom stereocenters. The molecule has 1 fully saturated rings. The van der Waals surface area contributed by atoms with Gasteiger partial charge in [0.25, 0.3) is 0 Å². The maximum absolute atomic E-state index is 10.8. The summed E-state index contributed by atoms with van der Waals surface area (Å²) in [7, 11) is 0. The van der Waals surface area contributed by atoms with Gasteiger partial charge in [-0.3, -0.25) is 0 Å². The summed E-state index contributed by atoms with van der Waals surface area (Å²) < 4.78 is -0.0856. The van der Waals surface area contributed by atoms with Crippen molar-refractivity contribution in [2.24, 2.45) is 5.84 Å². The van der Waals surface area contributed by atoms with E-state index in [0.29, 0.717) is 6.54 Å². The average molecular weight is 145 g/mol. The molecular formula is C6H13N2O2+. The third-order valence-electron chi connectivity index (χ3n) is 2.09. The summed E-state index contributed by atoms with van der Waals surface area (Å²) in [6.07, 6.45) is -0.478. The number of carbonyl (C=O) groups excluding carboxylic acids is 1. The van der Waals surface area contributed by atoms with Gasteiger partial charge in [-0.05, 0) is 6.92 Å². The highest BCUT2D eigenvalue weighted by Crippen LogP contribution is 2.27. The molecule has 0 aliphatic carbocycles. The summed E-state index contributed by atoms with van der Waals surface area (Å²) >= 11 is 0. The summed E-state index contributed by atoms with van der Waals surface area (Å²) in [5.41, 5.74) is 0. The lowest BCUT2D eigenvalue weighted by Crippen LogP contribution is -2.43. The fraction of sp³-hybridized carbons (Fsp3) is 0.833. The van der Waals surface area contributed by atoms with Gasteiger partial charge in [-0.1, -0.05) is 0 Å². The molecule has 4 heteroatoms. The van der Waals surface area contributed by atoms with Crippen LogP contribution in [0.3, 0.4) is 0 Å². The molecule has 1 heterocycles. The Morgan fingerprint density at radius 3 is 2.50 bits per heavy atom. The molecule has 4 nitrogen and oxygen atoms in total. The van der Waals surface area contributed by atoms with Crippen molar-refractivity contribution in [3.05, 3.63) is 0 Å². The predicted molar refractivity (Wildman–Crippen MR) is 35.5 cm³/mol. The van der Waals surface area contributed by atoms with Crippen molar-refractivity contribution in [2.75, 3.05) is 6.54 Å². The van der Waals surface area contributed by atoms with Crippen LogP contribution in [0.1, 0.15) is 13.8 Å². The first-order chi connectivity index (χ1) is 4.48. The molecule has 0 saturated carbocycles. The molecule has 1 aliphatic heterocycles. The summed E-state index contributed by atoms with van der Waals surface area (Å²) in [6, 6.07) is -0.0718. The largest absolute Gasteiger partial charge is 0.387 e. The lowest BCUT2D eigenvalue weighted by molar-refractivity contribution is -0.748. The van der Waals surface area contributed by atoms with Crippen LogP contribution in [0.2, 0.25) is 0 Å². The Balaban J connectivity index is 2.56. The normalized spacial score (nSPS) is 41.0. The van der Waals surface area contributed by atoms with Crippen LogP contribution < -0.4 is 5.84 Å². The smallest absolute Gasteiger partial charge is 0.330 e. The summed E-state index contributed by atoms with van der Waals surface area (Å²) in [5.74, 6) is 5.48. The highest BCUT2D eigenvalue weighted by molar-refractivity contribution is 5.67. The fourth-order valence-electron chi connectivity index (χ4n) is 1.16. The number of carbonyl (C=O) groups is 1. The van der Waals surface area contributed by atoms with E-state index in [1.807, 2.05) is 0 Å². The molecule has 0 aromatic rings. The van der Waals surface area contributed by atoms with Crippen molar-refractivity contribution in [3.8, 4) is 0 Å². The quantitative estimate of drug-likeness (QED) is 0.215. The van der Waals surface area contributed by atoms with Gasteiger partial charge < -0.3 is 5.11 Å². The molecule has 1 amide bonds.